The summed E-state index contributed by atoms with van der Waals surface area (Å²) < 4.78 is 6.04. The van der Waals surface area contributed by atoms with Gasteiger partial charge in [-0.2, -0.15) is 5.10 Å². The minimum Gasteiger partial charge on any atom is -0.467 e. The summed E-state index contributed by atoms with van der Waals surface area (Å²) in [5, 5.41) is 8.07. The second-order valence-corrected chi connectivity index (χ2v) is 6.43. The standard InChI is InChI=1S/C21H21N3O4/c1-24-20(26)16-11-7-6-10-15(16)17(23-24)13-19(25)22-18(21(27)28-2)12-14-8-4-3-5-9-14/h3-11,18H,12-13H2,1-2H3,(H,22,25)/t18-/m1/s1. The summed E-state index contributed by atoms with van der Waals surface area (Å²) in [4.78, 5) is 37.0. The second kappa shape index (κ2) is 8.47. The molecule has 0 aliphatic heterocycles. The number of nitrogens with zero attached hydrogens (tertiary/aromatic N) is 2. The Balaban J connectivity index is 1.82. The maximum atomic E-state index is 12.6. The van der Waals surface area contributed by atoms with Crippen molar-refractivity contribution in [3.8, 4) is 0 Å². The molecule has 1 amide bonds. The Morgan fingerprint density at radius 3 is 2.39 bits per heavy atom. The highest BCUT2D eigenvalue weighted by Gasteiger charge is 2.23. The van der Waals surface area contributed by atoms with Gasteiger partial charge in [-0.05, 0) is 11.6 Å². The summed E-state index contributed by atoms with van der Waals surface area (Å²) in [5.41, 5.74) is 1.15. The molecular weight excluding hydrogens is 358 g/mol. The molecule has 28 heavy (non-hydrogen) atoms. The van der Waals surface area contributed by atoms with Gasteiger partial charge in [0.1, 0.15) is 6.04 Å². The third-order valence-electron chi connectivity index (χ3n) is 4.46. The highest BCUT2D eigenvalue weighted by Crippen LogP contribution is 2.14. The lowest BCUT2D eigenvalue weighted by molar-refractivity contribution is -0.145. The lowest BCUT2D eigenvalue weighted by atomic mass is 10.1. The van der Waals surface area contributed by atoms with Gasteiger partial charge in [-0.1, -0.05) is 48.5 Å². The minimum atomic E-state index is -0.807. The molecule has 0 spiro atoms. The summed E-state index contributed by atoms with van der Waals surface area (Å²) >= 11 is 0. The molecule has 3 rings (SSSR count). The number of ether oxygens (including phenoxy) is 1. The van der Waals surface area contributed by atoms with Crippen molar-refractivity contribution in [2.24, 2.45) is 7.05 Å². The van der Waals surface area contributed by atoms with Gasteiger partial charge in [0.25, 0.3) is 5.56 Å². The monoisotopic (exact) mass is 379 g/mol. The normalized spacial score (nSPS) is 11.8. The number of hydrogen-bond acceptors (Lipinski definition) is 5. The topological polar surface area (TPSA) is 90.3 Å². The minimum absolute atomic E-state index is 0.0586. The van der Waals surface area contributed by atoms with Crippen LogP contribution < -0.4 is 10.9 Å². The van der Waals surface area contributed by atoms with E-state index in [9.17, 15) is 14.4 Å². The third kappa shape index (κ3) is 4.25. The third-order valence-corrected chi connectivity index (χ3v) is 4.46. The Morgan fingerprint density at radius 1 is 1.07 bits per heavy atom. The van der Waals surface area contributed by atoms with Crippen LogP contribution in [0.4, 0.5) is 0 Å². The molecule has 0 aliphatic carbocycles. The maximum absolute atomic E-state index is 12.6. The molecule has 7 heteroatoms. The van der Waals surface area contributed by atoms with Crippen LogP contribution in [-0.2, 0) is 34.2 Å². The highest BCUT2D eigenvalue weighted by atomic mass is 16.5. The van der Waals surface area contributed by atoms with Crippen LogP contribution in [0.5, 0.6) is 0 Å². The molecule has 0 unspecified atom stereocenters. The summed E-state index contributed by atoms with van der Waals surface area (Å²) in [5.74, 6) is -0.891. The first-order valence-corrected chi connectivity index (χ1v) is 8.85. The number of amides is 1. The fourth-order valence-corrected chi connectivity index (χ4v) is 3.09. The van der Waals surface area contributed by atoms with Gasteiger partial charge in [-0.15, -0.1) is 0 Å². The first kappa shape index (κ1) is 19.3. The van der Waals surface area contributed by atoms with Crippen molar-refractivity contribution in [3.63, 3.8) is 0 Å². The predicted molar refractivity (Wildman–Crippen MR) is 105 cm³/mol. The molecule has 2 aromatic carbocycles. The molecule has 3 aromatic rings. The fourth-order valence-electron chi connectivity index (χ4n) is 3.09. The van der Waals surface area contributed by atoms with Crippen LogP contribution in [0.3, 0.4) is 0 Å². The number of nitrogens with one attached hydrogen (secondary N) is 1. The van der Waals surface area contributed by atoms with Gasteiger partial charge in [0.05, 0.1) is 24.6 Å². The Hall–Kier alpha value is -3.48. The van der Waals surface area contributed by atoms with Gasteiger partial charge < -0.3 is 10.1 Å². The van der Waals surface area contributed by atoms with E-state index in [0.29, 0.717) is 22.9 Å². The smallest absolute Gasteiger partial charge is 0.328 e. The highest BCUT2D eigenvalue weighted by molar-refractivity contribution is 5.90. The fraction of sp³-hybridized carbons (Fsp3) is 0.238. The molecule has 0 saturated heterocycles. The van der Waals surface area contributed by atoms with E-state index in [-0.39, 0.29) is 17.9 Å². The van der Waals surface area contributed by atoms with E-state index in [2.05, 4.69) is 10.4 Å². The van der Waals surface area contributed by atoms with E-state index in [0.717, 1.165) is 5.56 Å². The van der Waals surface area contributed by atoms with Gasteiger partial charge in [0.15, 0.2) is 0 Å². The molecule has 1 N–H and O–H groups in total. The number of esters is 1. The molecule has 0 radical (unpaired) electrons. The number of rotatable bonds is 6. The average Bonchev–Trinajstić information content (AvgIpc) is 2.71. The van der Waals surface area contributed by atoms with Gasteiger partial charge in [0.2, 0.25) is 5.91 Å². The molecule has 1 heterocycles. The molecule has 1 aromatic heterocycles. The van der Waals surface area contributed by atoms with Crippen LogP contribution >= 0.6 is 0 Å². The zero-order chi connectivity index (χ0) is 20.1. The van der Waals surface area contributed by atoms with Gasteiger partial charge in [0, 0.05) is 18.9 Å². The van der Waals surface area contributed by atoms with Gasteiger partial charge >= 0.3 is 5.97 Å². The van der Waals surface area contributed by atoms with Crippen molar-refractivity contribution in [3.05, 3.63) is 76.2 Å². The summed E-state index contributed by atoms with van der Waals surface area (Å²) in [6.45, 7) is 0. The van der Waals surface area contributed by atoms with Crippen molar-refractivity contribution in [2.75, 3.05) is 7.11 Å². The molecule has 1 atom stereocenters. The Labute approximate surface area is 161 Å². The van der Waals surface area contributed by atoms with Crippen molar-refractivity contribution in [1.29, 1.82) is 0 Å². The first-order valence-electron chi connectivity index (χ1n) is 8.85. The van der Waals surface area contributed by atoms with Crippen molar-refractivity contribution < 1.29 is 14.3 Å². The van der Waals surface area contributed by atoms with Gasteiger partial charge in [-0.3, -0.25) is 9.59 Å². The van der Waals surface area contributed by atoms with E-state index < -0.39 is 12.0 Å². The summed E-state index contributed by atoms with van der Waals surface area (Å²) in [6.07, 6.45) is 0.262. The van der Waals surface area contributed by atoms with Crippen LogP contribution in [-0.4, -0.2) is 34.8 Å². The number of fused-ring (bicyclic) bond motifs is 1. The number of benzene rings is 2. The zero-order valence-electron chi connectivity index (χ0n) is 15.7. The maximum Gasteiger partial charge on any atom is 0.328 e. The molecule has 0 saturated carbocycles. The second-order valence-electron chi connectivity index (χ2n) is 6.43. The summed E-state index contributed by atoms with van der Waals surface area (Å²) in [6, 6.07) is 15.6. The Kier molecular flexibility index (Phi) is 5.84. The molecule has 144 valence electrons. The SMILES string of the molecule is COC(=O)[C@@H](Cc1ccccc1)NC(=O)Cc1nn(C)c(=O)c2ccccc12. The predicted octanol–water partition coefficient (Wildman–Crippen LogP) is 1.38. The molecular formula is C21H21N3O4. The van der Waals surface area contributed by atoms with E-state index >= 15 is 0 Å². The van der Waals surface area contributed by atoms with Crippen LogP contribution in [0, 0.1) is 0 Å². The van der Waals surface area contributed by atoms with E-state index in [1.807, 2.05) is 30.3 Å². The van der Waals surface area contributed by atoms with E-state index in [1.165, 1.54) is 11.8 Å². The van der Waals surface area contributed by atoms with Crippen molar-refractivity contribution >= 4 is 22.6 Å². The van der Waals surface area contributed by atoms with Crippen molar-refractivity contribution in [1.82, 2.24) is 15.1 Å². The Morgan fingerprint density at radius 2 is 1.71 bits per heavy atom. The number of methoxy groups -OCH3 is 1. The number of carbonyl (C=O) groups is 2. The van der Waals surface area contributed by atoms with Crippen molar-refractivity contribution in [2.45, 2.75) is 18.9 Å². The van der Waals surface area contributed by atoms with Gasteiger partial charge in [-0.25, -0.2) is 9.48 Å². The lowest BCUT2D eigenvalue weighted by Crippen LogP contribution is -2.44. The zero-order valence-corrected chi connectivity index (χ0v) is 15.7. The van der Waals surface area contributed by atoms with Crippen LogP contribution in [0.1, 0.15) is 11.3 Å². The Bertz CT molecular complexity index is 1060. The number of carbonyl (C=O) groups excluding carboxylic acids is 2. The lowest BCUT2D eigenvalue weighted by Gasteiger charge is -2.17. The molecule has 0 bridgehead atoms. The molecule has 0 fully saturated rings. The average molecular weight is 379 g/mol. The van der Waals surface area contributed by atoms with Crippen LogP contribution in [0.2, 0.25) is 0 Å². The van der Waals surface area contributed by atoms with Crippen LogP contribution in [0.25, 0.3) is 10.8 Å². The molecule has 0 aliphatic rings. The quantitative estimate of drug-likeness (QED) is 0.654. The van der Waals surface area contributed by atoms with Crippen LogP contribution in [0.15, 0.2) is 59.4 Å². The number of hydrogen-bond donors (Lipinski definition) is 1. The summed E-state index contributed by atoms with van der Waals surface area (Å²) in [7, 11) is 2.83. The van der Waals surface area contributed by atoms with E-state index in [4.69, 9.17) is 4.74 Å². The largest absolute Gasteiger partial charge is 0.467 e. The van der Waals surface area contributed by atoms with E-state index in [1.54, 1.807) is 31.3 Å². The molecule has 7 nitrogen and oxygen atoms in total. The number of aromatic nitrogens is 2. The first-order chi connectivity index (χ1) is 13.5. The number of aryl methyl sites for hydroxylation is 1.